The summed E-state index contributed by atoms with van der Waals surface area (Å²) in [6.07, 6.45) is 1.84. The van der Waals surface area contributed by atoms with Crippen LogP contribution in [0, 0.1) is 6.92 Å². The van der Waals surface area contributed by atoms with Crippen molar-refractivity contribution in [3.63, 3.8) is 0 Å². The molecule has 0 unspecified atom stereocenters. The number of nitrogens with two attached hydrogens (primary N) is 1. The van der Waals surface area contributed by atoms with Crippen LogP contribution >= 0.6 is 0 Å². The fourth-order valence-corrected chi connectivity index (χ4v) is 2.42. The van der Waals surface area contributed by atoms with Crippen LogP contribution in [0.5, 0.6) is 0 Å². The van der Waals surface area contributed by atoms with Crippen molar-refractivity contribution in [2.45, 2.75) is 19.8 Å². The second kappa shape index (κ2) is 5.47. The maximum atomic E-state index is 5.57. The molecule has 1 aromatic heterocycles. The second-order valence-electron chi connectivity index (χ2n) is 5.07. The van der Waals surface area contributed by atoms with E-state index in [2.05, 4.69) is 41.4 Å². The van der Waals surface area contributed by atoms with Crippen molar-refractivity contribution in [3.8, 4) is 0 Å². The Morgan fingerprint density at radius 3 is 2.45 bits per heavy atom. The number of hydrogen-bond acceptors (Lipinski definition) is 3. The Kier molecular flexibility index (Phi) is 3.52. The molecule has 3 rings (SSSR count). The van der Waals surface area contributed by atoms with E-state index in [4.69, 9.17) is 10.2 Å². The molecule has 0 spiro atoms. The van der Waals surface area contributed by atoms with Crippen molar-refractivity contribution < 1.29 is 4.42 Å². The molecule has 2 N–H and O–H groups in total. The molecule has 0 amide bonds. The van der Waals surface area contributed by atoms with E-state index >= 15 is 0 Å². The second-order valence-corrected chi connectivity index (χ2v) is 5.07. The number of aryl methyl sites for hydroxylation is 1. The van der Waals surface area contributed by atoms with E-state index in [-0.39, 0.29) is 0 Å². The van der Waals surface area contributed by atoms with Crippen LogP contribution in [0.25, 0.3) is 11.1 Å². The number of aromatic nitrogens is 1. The van der Waals surface area contributed by atoms with Gasteiger partial charge in [0.15, 0.2) is 11.5 Å². The molecule has 0 saturated carbocycles. The Balaban J connectivity index is 1.81. The summed E-state index contributed by atoms with van der Waals surface area (Å²) in [5.74, 6) is 0.711. The van der Waals surface area contributed by atoms with E-state index in [1.807, 2.05) is 13.0 Å². The maximum Gasteiger partial charge on any atom is 0.192 e. The first-order valence-electron chi connectivity index (χ1n) is 6.88. The van der Waals surface area contributed by atoms with E-state index in [9.17, 15) is 0 Å². The van der Waals surface area contributed by atoms with Gasteiger partial charge in [-0.05, 0) is 48.2 Å². The third-order valence-electron chi connectivity index (χ3n) is 3.42. The smallest absolute Gasteiger partial charge is 0.192 e. The van der Waals surface area contributed by atoms with E-state index in [1.165, 1.54) is 16.7 Å². The molecule has 0 fully saturated rings. The molecule has 0 aliphatic rings. The molecular weight excluding hydrogens is 248 g/mol. The monoisotopic (exact) mass is 266 g/mol. The topological polar surface area (TPSA) is 52.0 Å². The molecule has 3 aromatic rings. The largest absolute Gasteiger partial charge is 0.441 e. The number of nitrogens with zero attached hydrogens (tertiary/aromatic N) is 1. The first kappa shape index (κ1) is 12.9. The number of rotatable bonds is 4. The van der Waals surface area contributed by atoms with Gasteiger partial charge in [-0.3, -0.25) is 0 Å². The predicted molar refractivity (Wildman–Crippen MR) is 80.8 cm³/mol. The van der Waals surface area contributed by atoms with Crippen molar-refractivity contribution >= 4 is 11.1 Å². The van der Waals surface area contributed by atoms with E-state index in [1.54, 1.807) is 0 Å². The zero-order valence-corrected chi connectivity index (χ0v) is 11.6. The molecule has 0 radical (unpaired) electrons. The Morgan fingerprint density at radius 2 is 1.70 bits per heavy atom. The highest BCUT2D eigenvalue weighted by Crippen LogP contribution is 2.19. The van der Waals surface area contributed by atoms with Crippen LogP contribution in [0.2, 0.25) is 0 Å². The first-order valence-corrected chi connectivity index (χ1v) is 6.88. The first-order chi connectivity index (χ1) is 9.74. The summed E-state index contributed by atoms with van der Waals surface area (Å²) in [4.78, 5) is 4.31. The van der Waals surface area contributed by atoms with Gasteiger partial charge in [-0.1, -0.05) is 30.3 Å². The molecule has 3 heteroatoms. The quantitative estimate of drug-likeness (QED) is 0.788. The van der Waals surface area contributed by atoms with Gasteiger partial charge in [0.25, 0.3) is 0 Å². The number of fused-ring (bicyclic) bond motifs is 1. The standard InChI is InChI=1S/C17H18N2O/c1-12-19-16-7-6-15(11-17(16)20-12)10-14-4-2-13(3-5-14)8-9-18/h2-7,11H,8-10,18H2,1H3. The zero-order valence-electron chi connectivity index (χ0n) is 11.6. The normalized spacial score (nSPS) is 11.1. The van der Waals surface area contributed by atoms with Gasteiger partial charge >= 0.3 is 0 Å². The molecule has 1 heterocycles. The number of oxazole rings is 1. The average Bonchev–Trinajstić information content (AvgIpc) is 2.81. The lowest BCUT2D eigenvalue weighted by atomic mass is 10.0. The van der Waals surface area contributed by atoms with Crippen LogP contribution in [-0.4, -0.2) is 11.5 Å². The molecule has 2 aromatic carbocycles. The van der Waals surface area contributed by atoms with Gasteiger partial charge in [-0.15, -0.1) is 0 Å². The summed E-state index contributed by atoms with van der Waals surface area (Å²) >= 11 is 0. The maximum absolute atomic E-state index is 5.57. The number of benzene rings is 2. The lowest BCUT2D eigenvalue weighted by Crippen LogP contribution is -2.02. The van der Waals surface area contributed by atoms with Crippen LogP contribution in [0.1, 0.15) is 22.6 Å². The Bertz CT molecular complexity index is 713. The molecule has 0 saturated heterocycles. The van der Waals surface area contributed by atoms with E-state index in [0.717, 1.165) is 23.9 Å². The van der Waals surface area contributed by atoms with E-state index < -0.39 is 0 Å². The van der Waals surface area contributed by atoms with Gasteiger partial charge in [0.1, 0.15) is 5.52 Å². The minimum absolute atomic E-state index is 0.695. The van der Waals surface area contributed by atoms with Gasteiger partial charge in [-0.2, -0.15) is 0 Å². The molecule has 0 aliphatic heterocycles. The lowest BCUT2D eigenvalue weighted by Gasteiger charge is -2.04. The van der Waals surface area contributed by atoms with Gasteiger partial charge < -0.3 is 10.2 Å². The fraction of sp³-hybridized carbons (Fsp3) is 0.235. The molecule has 3 nitrogen and oxygen atoms in total. The van der Waals surface area contributed by atoms with Gasteiger partial charge in [0, 0.05) is 6.92 Å². The van der Waals surface area contributed by atoms with Crippen molar-refractivity contribution in [2.75, 3.05) is 6.54 Å². The third kappa shape index (κ3) is 2.73. The zero-order chi connectivity index (χ0) is 13.9. The Hall–Kier alpha value is -2.13. The van der Waals surface area contributed by atoms with Crippen LogP contribution in [0.15, 0.2) is 46.9 Å². The SMILES string of the molecule is Cc1nc2ccc(Cc3ccc(CCN)cc3)cc2o1. The molecule has 102 valence electrons. The van der Waals surface area contributed by atoms with Crippen molar-refractivity contribution in [1.29, 1.82) is 0 Å². The molecule has 20 heavy (non-hydrogen) atoms. The van der Waals surface area contributed by atoms with Crippen LogP contribution < -0.4 is 5.73 Å². The molecule has 0 atom stereocenters. The van der Waals surface area contributed by atoms with Gasteiger partial charge in [0.05, 0.1) is 0 Å². The van der Waals surface area contributed by atoms with E-state index in [0.29, 0.717) is 12.4 Å². The van der Waals surface area contributed by atoms with Gasteiger partial charge in [0.2, 0.25) is 0 Å². The Morgan fingerprint density at radius 1 is 1.00 bits per heavy atom. The molecule has 0 bridgehead atoms. The Labute approximate surface area is 118 Å². The predicted octanol–water partition coefficient (Wildman–Crippen LogP) is 3.23. The van der Waals surface area contributed by atoms with Crippen molar-refractivity contribution in [2.24, 2.45) is 5.73 Å². The highest BCUT2D eigenvalue weighted by atomic mass is 16.3. The minimum atomic E-state index is 0.695. The van der Waals surface area contributed by atoms with Gasteiger partial charge in [-0.25, -0.2) is 4.98 Å². The summed E-state index contributed by atoms with van der Waals surface area (Å²) in [6, 6.07) is 14.8. The van der Waals surface area contributed by atoms with Crippen LogP contribution in [0.4, 0.5) is 0 Å². The summed E-state index contributed by atoms with van der Waals surface area (Å²) in [7, 11) is 0. The highest BCUT2D eigenvalue weighted by molar-refractivity contribution is 5.73. The molecular formula is C17H18N2O. The van der Waals surface area contributed by atoms with Crippen LogP contribution in [-0.2, 0) is 12.8 Å². The lowest BCUT2D eigenvalue weighted by molar-refractivity contribution is 0.561. The minimum Gasteiger partial charge on any atom is -0.441 e. The summed E-state index contributed by atoms with van der Waals surface area (Å²) in [5.41, 5.74) is 11.2. The fourth-order valence-electron chi connectivity index (χ4n) is 2.42. The third-order valence-corrected chi connectivity index (χ3v) is 3.42. The number of hydrogen-bond donors (Lipinski definition) is 1. The summed E-state index contributed by atoms with van der Waals surface area (Å²) in [5, 5.41) is 0. The van der Waals surface area contributed by atoms with Crippen LogP contribution in [0.3, 0.4) is 0 Å². The summed E-state index contributed by atoms with van der Waals surface area (Å²) in [6.45, 7) is 2.57. The summed E-state index contributed by atoms with van der Waals surface area (Å²) < 4.78 is 5.57. The molecule has 0 aliphatic carbocycles. The highest BCUT2D eigenvalue weighted by Gasteiger charge is 2.04. The average molecular weight is 266 g/mol. The van der Waals surface area contributed by atoms with Crippen molar-refractivity contribution in [1.82, 2.24) is 4.98 Å². The van der Waals surface area contributed by atoms with Crippen molar-refractivity contribution in [3.05, 3.63) is 65.0 Å².